The average Bonchev–Trinajstić information content (AvgIpc) is 2.85. The molecule has 3 rings (SSSR count). The maximum atomic E-state index is 13.1. The third kappa shape index (κ3) is 2.65. The second-order valence-electron chi connectivity index (χ2n) is 6.89. The van der Waals surface area contributed by atoms with Gasteiger partial charge >= 0.3 is 0 Å². The number of hydrogen-bond donors (Lipinski definition) is 1. The average molecular weight is 305 g/mol. The fraction of sp³-hybridized carbons (Fsp3) is 0.611. The molecule has 2 aliphatic carbocycles. The Bertz CT molecular complexity index is 539. The number of benzene rings is 1. The maximum absolute atomic E-state index is 13.1. The Kier molecular flexibility index (Phi) is 4.22. The van der Waals surface area contributed by atoms with E-state index in [1.165, 1.54) is 12.1 Å². The molecule has 1 aromatic rings. The van der Waals surface area contributed by atoms with Crippen LogP contribution in [0.3, 0.4) is 0 Å². The highest BCUT2D eigenvalue weighted by Gasteiger charge is 2.47. The summed E-state index contributed by atoms with van der Waals surface area (Å²) in [6.07, 6.45) is 5.28. The Morgan fingerprint density at radius 3 is 2.45 bits per heavy atom. The van der Waals surface area contributed by atoms with Crippen molar-refractivity contribution in [2.45, 2.75) is 50.0 Å². The predicted molar refractivity (Wildman–Crippen MR) is 82.9 cm³/mol. The van der Waals surface area contributed by atoms with Crippen molar-refractivity contribution in [1.29, 1.82) is 0 Å². The van der Waals surface area contributed by atoms with Gasteiger partial charge < -0.3 is 10.0 Å². The molecule has 2 unspecified atom stereocenters. The molecule has 1 amide bonds. The van der Waals surface area contributed by atoms with Gasteiger partial charge in [-0.2, -0.15) is 0 Å². The van der Waals surface area contributed by atoms with E-state index in [2.05, 4.69) is 0 Å². The summed E-state index contributed by atoms with van der Waals surface area (Å²) in [6.45, 7) is 0.614. The first kappa shape index (κ1) is 15.5. The van der Waals surface area contributed by atoms with E-state index >= 15 is 0 Å². The number of aliphatic hydroxyl groups excluding tert-OH is 1. The van der Waals surface area contributed by atoms with Crippen LogP contribution < -0.4 is 0 Å². The summed E-state index contributed by atoms with van der Waals surface area (Å²) in [7, 11) is 1.83. The van der Waals surface area contributed by atoms with Crippen LogP contribution >= 0.6 is 0 Å². The SMILES string of the molecule is CN(CC1CCCC1O)C(=O)C1(c2ccc(F)cc2)CCC1. The van der Waals surface area contributed by atoms with Crippen molar-refractivity contribution in [2.24, 2.45) is 5.92 Å². The van der Waals surface area contributed by atoms with Crippen LogP contribution in [0.2, 0.25) is 0 Å². The Balaban J connectivity index is 1.75. The number of aliphatic hydroxyl groups is 1. The van der Waals surface area contributed by atoms with Gasteiger partial charge in [-0.3, -0.25) is 4.79 Å². The van der Waals surface area contributed by atoms with E-state index in [1.807, 2.05) is 7.05 Å². The normalized spacial score (nSPS) is 26.5. The molecule has 120 valence electrons. The second-order valence-corrected chi connectivity index (χ2v) is 6.89. The molecule has 2 atom stereocenters. The van der Waals surface area contributed by atoms with Crippen molar-refractivity contribution in [3.8, 4) is 0 Å². The van der Waals surface area contributed by atoms with Gasteiger partial charge in [0.05, 0.1) is 11.5 Å². The van der Waals surface area contributed by atoms with E-state index in [4.69, 9.17) is 0 Å². The highest BCUT2D eigenvalue weighted by molar-refractivity contribution is 5.89. The van der Waals surface area contributed by atoms with Gasteiger partial charge in [-0.15, -0.1) is 0 Å². The molecule has 2 fully saturated rings. The number of carbonyl (C=O) groups is 1. The molecule has 3 nitrogen and oxygen atoms in total. The molecule has 0 bridgehead atoms. The van der Waals surface area contributed by atoms with E-state index in [-0.39, 0.29) is 23.7 Å². The van der Waals surface area contributed by atoms with Gasteiger partial charge in [0.1, 0.15) is 5.82 Å². The zero-order valence-electron chi connectivity index (χ0n) is 13.1. The minimum atomic E-state index is -0.480. The summed E-state index contributed by atoms with van der Waals surface area (Å²) in [4.78, 5) is 14.8. The Labute approximate surface area is 131 Å². The van der Waals surface area contributed by atoms with Gasteiger partial charge in [0.25, 0.3) is 0 Å². The largest absolute Gasteiger partial charge is 0.393 e. The van der Waals surface area contributed by atoms with Crippen LogP contribution in [-0.2, 0) is 10.2 Å². The molecule has 0 spiro atoms. The first-order valence-electron chi connectivity index (χ1n) is 8.22. The van der Waals surface area contributed by atoms with Gasteiger partial charge in [0, 0.05) is 19.5 Å². The van der Waals surface area contributed by atoms with Gasteiger partial charge in [0.15, 0.2) is 0 Å². The van der Waals surface area contributed by atoms with Crippen molar-refractivity contribution in [3.05, 3.63) is 35.6 Å². The predicted octanol–water partition coefficient (Wildman–Crippen LogP) is 2.87. The minimum Gasteiger partial charge on any atom is -0.393 e. The topological polar surface area (TPSA) is 40.5 Å². The van der Waals surface area contributed by atoms with Crippen LogP contribution in [0, 0.1) is 11.7 Å². The van der Waals surface area contributed by atoms with Crippen LogP contribution in [0.25, 0.3) is 0 Å². The molecular weight excluding hydrogens is 281 g/mol. The third-order valence-electron chi connectivity index (χ3n) is 5.49. The second kappa shape index (κ2) is 5.99. The number of rotatable bonds is 4. The Morgan fingerprint density at radius 1 is 1.27 bits per heavy atom. The van der Waals surface area contributed by atoms with Gasteiger partial charge in [-0.05, 0) is 43.4 Å². The maximum Gasteiger partial charge on any atom is 0.232 e. The lowest BCUT2D eigenvalue weighted by Crippen LogP contribution is -2.51. The number of amides is 1. The first-order valence-corrected chi connectivity index (χ1v) is 8.22. The lowest BCUT2D eigenvalue weighted by Gasteiger charge is -2.43. The van der Waals surface area contributed by atoms with Crippen LogP contribution in [0.15, 0.2) is 24.3 Å². The standard InChI is InChI=1S/C18H24FNO2/c1-20(12-13-4-2-5-16(13)21)17(22)18(10-3-11-18)14-6-8-15(19)9-7-14/h6-9,13,16,21H,2-5,10-12H2,1H3. The molecular formula is C18H24FNO2. The van der Waals surface area contributed by atoms with Crippen LogP contribution in [0.4, 0.5) is 4.39 Å². The minimum absolute atomic E-state index is 0.115. The summed E-state index contributed by atoms with van der Waals surface area (Å²) in [5.74, 6) is 0.0388. The molecule has 0 aromatic heterocycles. The smallest absolute Gasteiger partial charge is 0.232 e. The summed E-state index contributed by atoms with van der Waals surface area (Å²) in [6, 6.07) is 6.35. The summed E-state index contributed by atoms with van der Waals surface area (Å²) >= 11 is 0. The van der Waals surface area contributed by atoms with E-state index in [9.17, 15) is 14.3 Å². The molecule has 0 radical (unpaired) electrons. The molecule has 2 saturated carbocycles. The molecule has 4 heteroatoms. The van der Waals surface area contributed by atoms with Crippen LogP contribution in [0.5, 0.6) is 0 Å². The highest BCUT2D eigenvalue weighted by Crippen LogP contribution is 2.45. The van der Waals surface area contributed by atoms with Crippen molar-refractivity contribution in [1.82, 2.24) is 4.90 Å². The number of hydrogen-bond acceptors (Lipinski definition) is 2. The lowest BCUT2D eigenvalue weighted by molar-refractivity contribution is -0.140. The quantitative estimate of drug-likeness (QED) is 0.929. The van der Waals surface area contributed by atoms with E-state index in [0.29, 0.717) is 6.54 Å². The zero-order chi connectivity index (χ0) is 15.7. The van der Waals surface area contributed by atoms with Crippen LogP contribution in [0.1, 0.15) is 44.1 Å². The molecule has 0 saturated heterocycles. The monoisotopic (exact) mass is 305 g/mol. The molecule has 1 N–H and O–H groups in total. The van der Waals surface area contributed by atoms with E-state index in [0.717, 1.165) is 44.1 Å². The van der Waals surface area contributed by atoms with E-state index in [1.54, 1.807) is 17.0 Å². The number of carbonyl (C=O) groups excluding carboxylic acids is 1. The van der Waals surface area contributed by atoms with Gasteiger partial charge in [-0.25, -0.2) is 4.39 Å². The number of nitrogens with zero attached hydrogens (tertiary/aromatic N) is 1. The number of halogens is 1. The molecule has 0 heterocycles. The van der Waals surface area contributed by atoms with Crippen LogP contribution in [-0.4, -0.2) is 35.6 Å². The first-order chi connectivity index (χ1) is 10.5. The zero-order valence-corrected chi connectivity index (χ0v) is 13.1. The fourth-order valence-electron chi connectivity index (χ4n) is 3.96. The van der Waals surface area contributed by atoms with Crippen molar-refractivity contribution in [3.63, 3.8) is 0 Å². The fourth-order valence-corrected chi connectivity index (χ4v) is 3.96. The summed E-state index contributed by atoms with van der Waals surface area (Å²) in [5.41, 5.74) is 0.440. The third-order valence-corrected chi connectivity index (χ3v) is 5.49. The molecule has 0 aliphatic heterocycles. The molecule has 22 heavy (non-hydrogen) atoms. The highest BCUT2D eigenvalue weighted by atomic mass is 19.1. The van der Waals surface area contributed by atoms with E-state index < -0.39 is 5.41 Å². The summed E-state index contributed by atoms with van der Waals surface area (Å²) in [5, 5.41) is 9.96. The lowest BCUT2D eigenvalue weighted by atomic mass is 9.63. The molecule has 1 aromatic carbocycles. The van der Waals surface area contributed by atoms with Crippen molar-refractivity contribution >= 4 is 5.91 Å². The Hall–Kier alpha value is -1.42. The number of likely N-dealkylation sites (N-methyl/N-ethyl adjacent to an activating group) is 1. The summed E-state index contributed by atoms with van der Waals surface area (Å²) < 4.78 is 13.1. The van der Waals surface area contributed by atoms with Crippen molar-refractivity contribution < 1.29 is 14.3 Å². The Morgan fingerprint density at radius 2 is 1.95 bits per heavy atom. The van der Waals surface area contributed by atoms with Gasteiger partial charge in [-0.1, -0.05) is 25.0 Å². The van der Waals surface area contributed by atoms with Gasteiger partial charge in [0.2, 0.25) is 5.91 Å². The molecule has 2 aliphatic rings. The van der Waals surface area contributed by atoms with Crippen molar-refractivity contribution in [2.75, 3.05) is 13.6 Å².